The van der Waals surface area contributed by atoms with Crippen LogP contribution in [0.2, 0.25) is 0 Å². The summed E-state index contributed by atoms with van der Waals surface area (Å²) < 4.78 is 80.7. The largest absolute Gasteiger partial charge is 0.493 e. The minimum Gasteiger partial charge on any atom is -0.493 e. The van der Waals surface area contributed by atoms with E-state index in [-0.39, 0.29) is 28.7 Å². The average molecular weight is 828 g/mol. The zero-order chi connectivity index (χ0) is 41.4. The molecule has 0 saturated heterocycles. The Morgan fingerprint density at radius 3 is 1.93 bits per heavy atom. The Morgan fingerprint density at radius 1 is 0.737 bits per heavy atom. The average Bonchev–Trinajstić information content (AvgIpc) is 3.19. The van der Waals surface area contributed by atoms with E-state index in [1.54, 1.807) is 35.9 Å². The summed E-state index contributed by atoms with van der Waals surface area (Å²) in [5.74, 6) is -0.377. The first-order valence-corrected chi connectivity index (χ1v) is 22.7. The van der Waals surface area contributed by atoms with Gasteiger partial charge in [-0.3, -0.25) is 4.55 Å². The molecule has 3 N–H and O–H groups in total. The molecule has 0 amide bonds. The molecule has 0 atom stereocenters. The fraction of sp³-hybridized carbons (Fsp3) is 0.476. The molecule has 0 radical (unpaired) electrons. The highest BCUT2D eigenvalue weighted by molar-refractivity contribution is 7.89. The van der Waals surface area contributed by atoms with E-state index in [4.69, 9.17) is 14.2 Å². The monoisotopic (exact) mass is 827 g/mol. The van der Waals surface area contributed by atoms with Crippen molar-refractivity contribution < 1.29 is 45.5 Å². The van der Waals surface area contributed by atoms with Gasteiger partial charge < -0.3 is 23.9 Å². The molecule has 1 aromatic heterocycles. The molecule has 0 spiro atoms. The van der Waals surface area contributed by atoms with Gasteiger partial charge in [-0.2, -0.15) is 26.8 Å². The summed E-state index contributed by atoms with van der Waals surface area (Å²) in [4.78, 5) is 13.2. The van der Waals surface area contributed by atoms with E-state index in [2.05, 4.69) is 16.9 Å². The highest BCUT2D eigenvalue weighted by Gasteiger charge is 2.23. The minimum absolute atomic E-state index is 0.0132. The van der Waals surface area contributed by atoms with Gasteiger partial charge in [0.1, 0.15) is 10.6 Å². The van der Waals surface area contributed by atoms with E-state index < -0.39 is 35.9 Å². The van der Waals surface area contributed by atoms with Gasteiger partial charge in [0, 0.05) is 18.0 Å². The minimum atomic E-state index is -4.63. The van der Waals surface area contributed by atoms with Crippen LogP contribution in [0.1, 0.15) is 114 Å². The topological polar surface area (TPSA) is 183 Å². The third-order valence-electron chi connectivity index (χ3n) is 9.82. The first-order chi connectivity index (χ1) is 27.3. The summed E-state index contributed by atoms with van der Waals surface area (Å²) in [6.07, 6.45) is 16.7. The number of rotatable bonds is 25. The molecule has 0 fully saturated rings. The SMILES string of the molecule is CCCCCCCCCCCCCCCCOc1ccc(C(=O)O)cc1S(=O)(=O)N/N=c1\cc(-c2ccc(OCC)c(OC)c2)n(C)c2ccc(S(=O)(=O)O)cc12. The normalized spacial score (nSPS) is 12.2. The fourth-order valence-electron chi connectivity index (χ4n) is 6.69. The quantitative estimate of drug-likeness (QED) is 0.0332. The van der Waals surface area contributed by atoms with Gasteiger partial charge in [-0.15, -0.1) is 0 Å². The molecular weight excluding hydrogens is 771 g/mol. The molecule has 4 aromatic rings. The van der Waals surface area contributed by atoms with E-state index in [0.717, 1.165) is 25.3 Å². The number of fused-ring (bicyclic) bond motifs is 1. The summed E-state index contributed by atoms with van der Waals surface area (Å²) in [5.41, 5.74) is 1.38. The molecule has 15 heteroatoms. The van der Waals surface area contributed by atoms with Crippen LogP contribution in [-0.4, -0.2) is 57.4 Å². The van der Waals surface area contributed by atoms with Crippen LogP contribution in [0, 0.1) is 0 Å². The summed E-state index contributed by atoms with van der Waals surface area (Å²) in [6.45, 7) is 4.73. The Balaban J connectivity index is 1.54. The van der Waals surface area contributed by atoms with Crippen LogP contribution < -0.4 is 24.4 Å². The highest BCUT2D eigenvalue weighted by atomic mass is 32.2. The number of ether oxygens (including phenoxy) is 3. The second kappa shape index (κ2) is 21.8. The van der Waals surface area contributed by atoms with Crippen LogP contribution in [0.4, 0.5) is 0 Å². The molecule has 0 aliphatic heterocycles. The standard InChI is InChI=1S/C42H57N3O10S2/c1-5-7-8-9-10-11-12-13-14-15-16-17-18-19-26-55-39-25-21-32(42(46)47)28-41(39)56(48,49)44-43-35-30-37(31-20-24-38(54-6-2)40(27-31)53-4)45(3)36-23-22-33(29-34(35)36)57(50,51)52/h20-25,27-30,44H,5-19,26H2,1-4H3,(H,46,47)(H,50,51,52)/b43-35+. The van der Waals surface area contributed by atoms with Crippen LogP contribution in [0.5, 0.6) is 17.2 Å². The number of aromatic nitrogens is 1. The smallest absolute Gasteiger partial charge is 0.335 e. The van der Waals surface area contributed by atoms with E-state index >= 15 is 0 Å². The zero-order valence-corrected chi connectivity index (χ0v) is 35.1. The van der Waals surface area contributed by atoms with Crippen molar-refractivity contribution in [2.75, 3.05) is 20.3 Å². The van der Waals surface area contributed by atoms with E-state index in [1.165, 1.54) is 102 Å². The molecule has 0 unspecified atom stereocenters. The maximum atomic E-state index is 13.9. The first kappa shape index (κ1) is 45.1. The molecule has 57 heavy (non-hydrogen) atoms. The van der Waals surface area contributed by atoms with Gasteiger partial charge in [0.25, 0.3) is 20.1 Å². The molecule has 0 saturated carbocycles. The fourth-order valence-corrected chi connectivity index (χ4v) is 8.18. The predicted molar refractivity (Wildman–Crippen MR) is 221 cm³/mol. The molecular formula is C42H57N3O10S2. The number of benzene rings is 3. The number of aromatic carboxylic acids is 1. The number of carboxylic acids is 1. The lowest BCUT2D eigenvalue weighted by atomic mass is 10.0. The third kappa shape index (κ3) is 13.0. The van der Waals surface area contributed by atoms with Gasteiger partial charge in [0.05, 0.1) is 47.4 Å². The summed E-state index contributed by atoms with van der Waals surface area (Å²) >= 11 is 0. The third-order valence-corrected chi connectivity index (χ3v) is 11.9. The predicted octanol–water partition coefficient (Wildman–Crippen LogP) is 8.85. The highest BCUT2D eigenvalue weighted by Crippen LogP contribution is 2.33. The lowest BCUT2D eigenvalue weighted by molar-refractivity contribution is 0.0696. The molecule has 0 aliphatic carbocycles. The van der Waals surface area contributed by atoms with Crippen molar-refractivity contribution in [1.82, 2.24) is 9.40 Å². The Bertz CT molecular complexity index is 2250. The second-order valence-electron chi connectivity index (χ2n) is 14.0. The van der Waals surface area contributed by atoms with Crippen molar-refractivity contribution in [1.29, 1.82) is 0 Å². The maximum absolute atomic E-state index is 13.9. The van der Waals surface area contributed by atoms with E-state index in [0.29, 0.717) is 41.3 Å². The van der Waals surface area contributed by atoms with Crippen molar-refractivity contribution in [3.63, 3.8) is 0 Å². The van der Waals surface area contributed by atoms with Crippen molar-refractivity contribution in [2.45, 2.75) is 114 Å². The maximum Gasteiger partial charge on any atom is 0.335 e. The number of nitrogens with zero attached hydrogens (tertiary/aromatic N) is 2. The van der Waals surface area contributed by atoms with Gasteiger partial charge >= 0.3 is 5.97 Å². The van der Waals surface area contributed by atoms with Gasteiger partial charge in [0.15, 0.2) is 11.5 Å². The first-order valence-electron chi connectivity index (χ1n) is 19.8. The van der Waals surface area contributed by atoms with Crippen molar-refractivity contribution in [3.05, 3.63) is 71.6 Å². The summed E-state index contributed by atoms with van der Waals surface area (Å²) in [6, 6.07) is 14.3. The van der Waals surface area contributed by atoms with E-state index in [1.807, 2.05) is 6.92 Å². The lowest BCUT2D eigenvalue weighted by Gasteiger charge is -2.16. The number of hydrogen-bond acceptors (Lipinski definition) is 9. The molecule has 1 heterocycles. The summed E-state index contributed by atoms with van der Waals surface area (Å²) in [7, 11) is -5.94. The summed E-state index contributed by atoms with van der Waals surface area (Å²) in [5, 5.41) is 14.1. The number of methoxy groups -OCH3 is 1. The van der Waals surface area contributed by atoms with Gasteiger partial charge in [-0.25, -0.2) is 4.79 Å². The number of unbranched alkanes of at least 4 members (excludes halogenated alkanes) is 13. The zero-order valence-electron chi connectivity index (χ0n) is 33.5. The van der Waals surface area contributed by atoms with E-state index in [9.17, 15) is 31.3 Å². The van der Waals surface area contributed by atoms with Crippen LogP contribution in [0.3, 0.4) is 0 Å². The Labute approximate surface area is 336 Å². The second-order valence-corrected chi connectivity index (χ2v) is 17.1. The van der Waals surface area contributed by atoms with Crippen molar-refractivity contribution >= 4 is 37.0 Å². The van der Waals surface area contributed by atoms with Crippen LogP contribution >= 0.6 is 0 Å². The van der Waals surface area contributed by atoms with Crippen LogP contribution in [0.15, 0.2) is 75.6 Å². The van der Waals surface area contributed by atoms with Gasteiger partial charge in [-0.05, 0) is 74.0 Å². The number of pyridine rings is 1. The molecule has 0 bridgehead atoms. The molecule has 4 rings (SSSR count). The lowest BCUT2D eigenvalue weighted by Crippen LogP contribution is -2.24. The number of carboxylic acid groups (broad SMARTS) is 1. The number of aryl methyl sites for hydroxylation is 1. The molecule has 0 aliphatic rings. The van der Waals surface area contributed by atoms with Crippen LogP contribution in [0.25, 0.3) is 22.2 Å². The number of sulfonamides is 1. The number of nitrogens with one attached hydrogen (secondary N) is 1. The Hall–Kier alpha value is -4.60. The van der Waals surface area contributed by atoms with Crippen molar-refractivity contribution in [3.8, 4) is 28.5 Å². The van der Waals surface area contributed by atoms with Crippen molar-refractivity contribution in [2.24, 2.45) is 12.1 Å². The van der Waals surface area contributed by atoms with Crippen LogP contribution in [-0.2, 0) is 27.2 Å². The number of carbonyl (C=O) groups is 1. The van der Waals surface area contributed by atoms with Gasteiger partial charge in [0.2, 0.25) is 0 Å². The van der Waals surface area contributed by atoms with Gasteiger partial charge in [-0.1, -0.05) is 90.4 Å². The molecule has 312 valence electrons. The Kier molecular flexibility index (Phi) is 17.2. The number of hydrogen-bond donors (Lipinski definition) is 3. The molecule has 13 nitrogen and oxygen atoms in total. The molecule has 3 aromatic carbocycles. The Morgan fingerprint density at radius 2 is 1.35 bits per heavy atom.